The summed E-state index contributed by atoms with van der Waals surface area (Å²) in [4.78, 5) is 12.7. The number of carbonyl (C=O) groups excluding carboxylic acids is 1. The Morgan fingerprint density at radius 2 is 2.16 bits per heavy atom. The molecule has 3 N–H and O–H groups in total. The summed E-state index contributed by atoms with van der Waals surface area (Å²) in [6, 6.07) is 7.24. The lowest BCUT2D eigenvalue weighted by Gasteiger charge is -2.09. The molecule has 6 heteroatoms. The van der Waals surface area contributed by atoms with Crippen LogP contribution in [0.1, 0.15) is 16.1 Å². The second kappa shape index (κ2) is 5.36. The fraction of sp³-hybridized carbons (Fsp3) is 0.231. The molecule has 1 aromatic heterocycles. The Bertz CT molecular complexity index is 621. The fourth-order valence-electron chi connectivity index (χ4n) is 1.74. The van der Waals surface area contributed by atoms with Gasteiger partial charge in [-0.2, -0.15) is 5.10 Å². The highest BCUT2D eigenvalue weighted by atomic mass is 32.2. The average molecular weight is 276 g/mol. The van der Waals surface area contributed by atoms with Crippen molar-refractivity contribution in [3.63, 3.8) is 0 Å². The van der Waals surface area contributed by atoms with Crippen LogP contribution < -0.4 is 11.1 Å². The number of nitrogens with zero attached hydrogens (tertiary/aromatic N) is 2. The first-order chi connectivity index (χ1) is 9.01. The van der Waals surface area contributed by atoms with Crippen molar-refractivity contribution in [2.75, 3.05) is 12.8 Å². The topological polar surface area (TPSA) is 72.9 Å². The predicted molar refractivity (Wildman–Crippen MR) is 76.3 cm³/mol. The second-order valence-corrected chi connectivity index (χ2v) is 5.25. The molecule has 100 valence electrons. The molecule has 0 saturated carbocycles. The van der Waals surface area contributed by atoms with Gasteiger partial charge < -0.3 is 11.1 Å². The average Bonchev–Trinajstić information content (AvgIpc) is 2.67. The van der Waals surface area contributed by atoms with Gasteiger partial charge in [-0.05, 0) is 31.2 Å². The number of aromatic nitrogens is 2. The molecule has 1 amide bonds. The van der Waals surface area contributed by atoms with Crippen molar-refractivity contribution in [3.05, 3.63) is 35.5 Å². The monoisotopic (exact) mass is 276 g/mol. The first kappa shape index (κ1) is 13.5. The lowest BCUT2D eigenvalue weighted by atomic mass is 10.2. The first-order valence-electron chi connectivity index (χ1n) is 5.81. The molecule has 0 atom stereocenters. The van der Waals surface area contributed by atoms with Crippen LogP contribution in [-0.4, -0.2) is 22.7 Å². The van der Waals surface area contributed by atoms with E-state index in [4.69, 9.17) is 5.73 Å². The lowest BCUT2D eigenvalue weighted by molar-refractivity contribution is 0.0960. The van der Waals surface area contributed by atoms with Crippen LogP contribution in [0.5, 0.6) is 0 Å². The summed E-state index contributed by atoms with van der Waals surface area (Å²) in [5, 5.41) is 7.89. The summed E-state index contributed by atoms with van der Waals surface area (Å²) < 4.78 is 1.79. The molecular weight excluding hydrogens is 260 g/mol. The lowest BCUT2D eigenvalue weighted by Crippen LogP contribution is -2.18. The van der Waals surface area contributed by atoms with E-state index in [0.717, 1.165) is 15.6 Å². The van der Waals surface area contributed by atoms with Crippen molar-refractivity contribution in [1.82, 2.24) is 15.1 Å². The molecule has 0 spiro atoms. The zero-order valence-electron chi connectivity index (χ0n) is 11.1. The molecular formula is C13H16N4OS. The quantitative estimate of drug-likeness (QED) is 0.839. The molecule has 5 nitrogen and oxygen atoms in total. The molecule has 1 heterocycles. The maximum Gasteiger partial charge on any atom is 0.252 e. The van der Waals surface area contributed by atoms with Crippen LogP contribution in [0.15, 0.2) is 34.2 Å². The van der Waals surface area contributed by atoms with Gasteiger partial charge in [-0.3, -0.25) is 9.48 Å². The molecule has 0 unspecified atom stereocenters. The van der Waals surface area contributed by atoms with Gasteiger partial charge in [-0.1, -0.05) is 11.8 Å². The summed E-state index contributed by atoms with van der Waals surface area (Å²) in [6.45, 7) is 1.93. The van der Waals surface area contributed by atoms with Crippen molar-refractivity contribution >= 4 is 23.4 Å². The summed E-state index contributed by atoms with van der Waals surface area (Å²) in [6.07, 6.45) is 0. The first-order valence-corrected chi connectivity index (χ1v) is 6.63. The number of aryl methyl sites for hydroxylation is 2. The van der Waals surface area contributed by atoms with Crippen molar-refractivity contribution in [2.45, 2.75) is 16.8 Å². The van der Waals surface area contributed by atoms with Gasteiger partial charge in [0.2, 0.25) is 0 Å². The van der Waals surface area contributed by atoms with Gasteiger partial charge in [-0.25, -0.2) is 0 Å². The minimum absolute atomic E-state index is 0.124. The molecule has 0 aliphatic carbocycles. The van der Waals surface area contributed by atoms with Crippen molar-refractivity contribution in [2.24, 2.45) is 7.05 Å². The smallest absolute Gasteiger partial charge is 0.252 e. The largest absolute Gasteiger partial charge is 0.399 e. The molecule has 2 aromatic rings. The molecule has 19 heavy (non-hydrogen) atoms. The van der Waals surface area contributed by atoms with Gasteiger partial charge in [0.25, 0.3) is 5.91 Å². The number of hydrogen-bond acceptors (Lipinski definition) is 4. The SMILES string of the molecule is CNC(=O)c1ccc(N)cc1Sc1cc(C)nn1C. The maximum atomic E-state index is 11.8. The molecule has 0 fully saturated rings. The van der Waals surface area contributed by atoms with Gasteiger partial charge in [0.1, 0.15) is 0 Å². The molecule has 0 saturated heterocycles. The third kappa shape index (κ3) is 2.90. The number of rotatable bonds is 3. The Kier molecular flexibility index (Phi) is 3.80. The normalized spacial score (nSPS) is 10.5. The predicted octanol–water partition coefficient (Wildman–Crippen LogP) is 1.82. The highest BCUT2D eigenvalue weighted by Gasteiger charge is 2.13. The van der Waals surface area contributed by atoms with Crippen LogP contribution >= 0.6 is 11.8 Å². The minimum Gasteiger partial charge on any atom is -0.399 e. The van der Waals surface area contributed by atoms with Crippen molar-refractivity contribution in [3.8, 4) is 0 Å². The maximum absolute atomic E-state index is 11.8. The van der Waals surface area contributed by atoms with Gasteiger partial charge in [0.05, 0.1) is 16.3 Å². The summed E-state index contributed by atoms with van der Waals surface area (Å²) in [5.41, 5.74) is 7.98. The van der Waals surface area contributed by atoms with Gasteiger partial charge in [0, 0.05) is 24.7 Å². The van der Waals surface area contributed by atoms with Crippen LogP contribution in [0.25, 0.3) is 0 Å². The highest BCUT2D eigenvalue weighted by molar-refractivity contribution is 7.99. The highest BCUT2D eigenvalue weighted by Crippen LogP contribution is 2.32. The zero-order chi connectivity index (χ0) is 14.0. The van der Waals surface area contributed by atoms with Crippen LogP contribution in [0.4, 0.5) is 5.69 Å². The fourth-order valence-corrected chi connectivity index (χ4v) is 2.83. The standard InChI is InChI=1S/C13H16N4OS/c1-8-6-12(17(3)16-8)19-11-7-9(14)4-5-10(11)13(18)15-2/h4-7H,14H2,1-3H3,(H,15,18). The molecule has 0 bridgehead atoms. The Balaban J connectivity index is 2.41. The molecule has 0 radical (unpaired) electrons. The number of nitrogen functional groups attached to an aromatic ring is 1. The number of anilines is 1. The van der Waals surface area contributed by atoms with E-state index in [1.807, 2.05) is 20.0 Å². The van der Waals surface area contributed by atoms with E-state index >= 15 is 0 Å². The zero-order valence-corrected chi connectivity index (χ0v) is 11.9. The van der Waals surface area contributed by atoms with Crippen molar-refractivity contribution in [1.29, 1.82) is 0 Å². The third-order valence-electron chi connectivity index (χ3n) is 2.65. The van der Waals surface area contributed by atoms with Crippen LogP contribution in [0, 0.1) is 6.92 Å². The third-order valence-corrected chi connectivity index (χ3v) is 3.80. The summed E-state index contributed by atoms with van der Waals surface area (Å²) >= 11 is 1.48. The number of nitrogens with one attached hydrogen (secondary N) is 1. The Hall–Kier alpha value is -1.95. The van der Waals surface area contributed by atoms with Gasteiger partial charge in [0.15, 0.2) is 0 Å². The van der Waals surface area contributed by atoms with Crippen LogP contribution in [-0.2, 0) is 7.05 Å². The number of hydrogen-bond donors (Lipinski definition) is 2. The van der Waals surface area contributed by atoms with E-state index in [0.29, 0.717) is 11.3 Å². The van der Waals surface area contributed by atoms with E-state index in [1.54, 1.807) is 29.9 Å². The van der Waals surface area contributed by atoms with Crippen LogP contribution in [0.2, 0.25) is 0 Å². The summed E-state index contributed by atoms with van der Waals surface area (Å²) in [7, 11) is 3.49. The molecule has 0 aliphatic heterocycles. The molecule has 1 aromatic carbocycles. The van der Waals surface area contributed by atoms with Gasteiger partial charge in [-0.15, -0.1) is 0 Å². The number of nitrogens with two attached hydrogens (primary N) is 1. The molecule has 2 rings (SSSR count). The Morgan fingerprint density at radius 1 is 1.42 bits per heavy atom. The Labute approximate surface area is 116 Å². The second-order valence-electron chi connectivity index (χ2n) is 4.18. The van der Waals surface area contributed by atoms with Crippen molar-refractivity contribution < 1.29 is 4.79 Å². The molecule has 0 aliphatic rings. The number of benzene rings is 1. The van der Waals surface area contributed by atoms with Gasteiger partial charge >= 0.3 is 0 Å². The Morgan fingerprint density at radius 3 is 2.74 bits per heavy atom. The number of carbonyl (C=O) groups is 1. The van der Waals surface area contributed by atoms with E-state index in [1.165, 1.54) is 11.8 Å². The summed E-state index contributed by atoms with van der Waals surface area (Å²) in [5.74, 6) is -0.124. The van der Waals surface area contributed by atoms with E-state index in [2.05, 4.69) is 10.4 Å². The van der Waals surface area contributed by atoms with E-state index in [-0.39, 0.29) is 5.91 Å². The van der Waals surface area contributed by atoms with E-state index < -0.39 is 0 Å². The van der Waals surface area contributed by atoms with Crippen LogP contribution in [0.3, 0.4) is 0 Å². The number of amides is 1. The minimum atomic E-state index is -0.124. The van der Waals surface area contributed by atoms with E-state index in [9.17, 15) is 4.79 Å².